The molecule has 1 aromatic carbocycles. The van der Waals surface area contributed by atoms with Crippen molar-refractivity contribution in [1.29, 1.82) is 0 Å². The molecule has 1 fully saturated rings. The van der Waals surface area contributed by atoms with Crippen LogP contribution in [0.25, 0.3) is 0 Å². The summed E-state index contributed by atoms with van der Waals surface area (Å²) in [6.45, 7) is 5.75. The molecule has 8 nitrogen and oxygen atoms in total. The maximum absolute atomic E-state index is 13.1. The van der Waals surface area contributed by atoms with Gasteiger partial charge in [-0.3, -0.25) is 10.1 Å². The van der Waals surface area contributed by atoms with Crippen molar-refractivity contribution in [2.75, 3.05) is 30.5 Å². The van der Waals surface area contributed by atoms with Crippen molar-refractivity contribution in [1.82, 2.24) is 9.62 Å². The molecular formula is C16H21ClN4O4S. The maximum Gasteiger partial charge on any atom is 0.304 e. The van der Waals surface area contributed by atoms with Crippen LogP contribution in [0.5, 0.6) is 0 Å². The average Bonchev–Trinajstić information content (AvgIpc) is 2.59. The first-order valence-electron chi connectivity index (χ1n) is 8.41. The number of piperidine rings is 1. The van der Waals surface area contributed by atoms with E-state index in [1.165, 1.54) is 16.4 Å². The third-order valence-corrected chi connectivity index (χ3v) is 6.78. The zero-order chi connectivity index (χ0) is 18.9. The van der Waals surface area contributed by atoms with Crippen LogP contribution in [-0.4, -0.2) is 43.8 Å². The third kappa shape index (κ3) is 3.57. The molecule has 3 rings (SSSR count). The topological polar surface area (TPSA) is 95.8 Å². The van der Waals surface area contributed by atoms with E-state index in [-0.39, 0.29) is 35.4 Å². The summed E-state index contributed by atoms with van der Waals surface area (Å²) in [5.41, 5.74) is 0.315. The minimum atomic E-state index is -3.88. The monoisotopic (exact) mass is 400 g/mol. The second-order valence-corrected chi connectivity index (χ2v) is 8.79. The third-order valence-electron chi connectivity index (χ3n) is 4.75. The lowest BCUT2D eigenvalue weighted by molar-refractivity contribution is -0.384. The Balaban J connectivity index is 2.05. The van der Waals surface area contributed by atoms with Gasteiger partial charge in [0.25, 0.3) is 5.69 Å². The van der Waals surface area contributed by atoms with Gasteiger partial charge in [0.2, 0.25) is 0 Å². The van der Waals surface area contributed by atoms with Crippen LogP contribution in [0.4, 0.5) is 11.4 Å². The van der Waals surface area contributed by atoms with Gasteiger partial charge in [-0.25, -0.2) is 4.31 Å². The summed E-state index contributed by atoms with van der Waals surface area (Å²) in [7, 11) is -3.88. The number of rotatable bonds is 5. The first-order valence-corrected chi connectivity index (χ1v) is 10.2. The van der Waals surface area contributed by atoms with Crippen LogP contribution in [0.1, 0.15) is 18.4 Å². The van der Waals surface area contributed by atoms with E-state index in [0.29, 0.717) is 12.1 Å². The summed E-state index contributed by atoms with van der Waals surface area (Å²) in [6, 6.07) is 2.79. The number of halogens is 1. The lowest BCUT2D eigenvalue weighted by Gasteiger charge is -2.38. The second kappa shape index (κ2) is 7.51. The molecule has 0 bridgehead atoms. The van der Waals surface area contributed by atoms with Crippen LogP contribution >= 0.6 is 11.6 Å². The number of fused-ring (bicyclic) bond motifs is 1. The molecular weight excluding hydrogens is 380 g/mol. The van der Waals surface area contributed by atoms with Crippen LogP contribution < -0.4 is 9.62 Å². The minimum Gasteiger partial charge on any atom is -0.317 e. The number of benzene rings is 1. The highest BCUT2D eigenvalue weighted by Crippen LogP contribution is 2.41. The van der Waals surface area contributed by atoms with Gasteiger partial charge in [0.15, 0.2) is 0 Å². The van der Waals surface area contributed by atoms with Crippen molar-refractivity contribution in [3.05, 3.63) is 45.5 Å². The van der Waals surface area contributed by atoms with Crippen LogP contribution in [0.15, 0.2) is 24.8 Å². The molecule has 0 aliphatic carbocycles. The van der Waals surface area contributed by atoms with Crippen molar-refractivity contribution < 1.29 is 13.3 Å². The molecule has 1 saturated heterocycles. The summed E-state index contributed by atoms with van der Waals surface area (Å²) in [5, 5.41) is 14.9. The molecule has 1 aromatic rings. The Morgan fingerprint density at radius 1 is 1.38 bits per heavy atom. The molecule has 142 valence electrons. The zero-order valence-electron chi connectivity index (χ0n) is 14.2. The molecule has 0 aromatic heterocycles. The zero-order valence-corrected chi connectivity index (χ0v) is 15.8. The Labute approximate surface area is 157 Å². The SMILES string of the molecule is C=CCN1c2c(cc(Cl)cc2[N+](=O)[O-])CN(CC2CCNCC2)S1(=O)=O. The van der Waals surface area contributed by atoms with Crippen LogP contribution in [0.2, 0.25) is 5.02 Å². The standard InChI is InChI=1S/C16H21ClN4O4S/c1-2-7-20-16-13(8-14(17)9-15(16)21(22)23)11-19(26(20,24)25)10-12-3-5-18-6-4-12/h2,8-9,12,18H,1,3-7,10-11H2. The van der Waals surface area contributed by atoms with Gasteiger partial charge in [0.1, 0.15) is 5.69 Å². The minimum absolute atomic E-state index is 0.0411. The Kier molecular flexibility index (Phi) is 5.52. The quantitative estimate of drug-likeness (QED) is 0.464. The van der Waals surface area contributed by atoms with E-state index < -0.39 is 15.1 Å². The predicted octanol–water partition coefficient (Wildman–Crippen LogP) is 2.30. The van der Waals surface area contributed by atoms with E-state index >= 15 is 0 Å². The number of anilines is 1. The highest BCUT2D eigenvalue weighted by atomic mass is 35.5. The highest BCUT2D eigenvalue weighted by molar-refractivity contribution is 7.90. The first kappa shape index (κ1) is 19.1. The summed E-state index contributed by atoms with van der Waals surface area (Å²) in [4.78, 5) is 10.9. The van der Waals surface area contributed by atoms with Gasteiger partial charge in [-0.05, 0) is 37.9 Å². The van der Waals surface area contributed by atoms with E-state index in [9.17, 15) is 18.5 Å². The maximum atomic E-state index is 13.1. The van der Waals surface area contributed by atoms with E-state index in [1.54, 1.807) is 6.07 Å². The fourth-order valence-corrected chi connectivity index (χ4v) is 5.48. The normalized spacial score (nSPS) is 20.6. The first-order chi connectivity index (χ1) is 12.3. The highest BCUT2D eigenvalue weighted by Gasteiger charge is 2.41. The van der Waals surface area contributed by atoms with Crippen molar-refractivity contribution in [2.45, 2.75) is 19.4 Å². The molecule has 0 spiro atoms. The summed E-state index contributed by atoms with van der Waals surface area (Å²) in [5.74, 6) is 0.257. The smallest absolute Gasteiger partial charge is 0.304 e. The molecule has 10 heteroatoms. The molecule has 1 N–H and O–H groups in total. The van der Waals surface area contributed by atoms with E-state index in [2.05, 4.69) is 11.9 Å². The Morgan fingerprint density at radius 2 is 2.08 bits per heavy atom. The van der Waals surface area contributed by atoms with Crippen molar-refractivity contribution in [3.8, 4) is 0 Å². The summed E-state index contributed by atoms with van der Waals surface area (Å²) < 4.78 is 28.7. The summed E-state index contributed by atoms with van der Waals surface area (Å²) in [6.07, 6.45) is 3.22. The van der Waals surface area contributed by atoms with Crippen LogP contribution in [0.3, 0.4) is 0 Å². The van der Waals surface area contributed by atoms with E-state index in [4.69, 9.17) is 11.6 Å². The van der Waals surface area contributed by atoms with Gasteiger partial charge >= 0.3 is 10.2 Å². The molecule has 0 saturated carbocycles. The lowest BCUT2D eigenvalue weighted by Crippen LogP contribution is -2.50. The number of nitrogens with one attached hydrogen (secondary N) is 1. The largest absolute Gasteiger partial charge is 0.317 e. The molecule has 26 heavy (non-hydrogen) atoms. The fraction of sp³-hybridized carbons (Fsp3) is 0.500. The van der Waals surface area contributed by atoms with Crippen molar-refractivity contribution in [2.24, 2.45) is 5.92 Å². The van der Waals surface area contributed by atoms with Gasteiger partial charge < -0.3 is 5.32 Å². The van der Waals surface area contributed by atoms with Crippen LogP contribution in [-0.2, 0) is 16.8 Å². The van der Waals surface area contributed by atoms with Gasteiger partial charge in [-0.2, -0.15) is 12.7 Å². The molecule has 0 atom stereocenters. The average molecular weight is 401 g/mol. The van der Waals surface area contributed by atoms with Crippen LogP contribution in [0, 0.1) is 16.0 Å². The van der Waals surface area contributed by atoms with Gasteiger partial charge in [-0.15, -0.1) is 6.58 Å². The number of hydrogen-bond acceptors (Lipinski definition) is 5. The Hall–Kier alpha value is -1.68. The van der Waals surface area contributed by atoms with E-state index in [1.807, 2.05) is 0 Å². The van der Waals surface area contributed by atoms with Crippen molar-refractivity contribution >= 4 is 33.2 Å². The van der Waals surface area contributed by atoms with E-state index in [0.717, 1.165) is 30.2 Å². The predicted molar refractivity (Wildman–Crippen MR) is 101 cm³/mol. The number of nitrogens with zero attached hydrogens (tertiary/aromatic N) is 3. The molecule has 2 aliphatic rings. The van der Waals surface area contributed by atoms with Gasteiger partial charge in [-0.1, -0.05) is 17.7 Å². The number of nitro groups is 1. The fourth-order valence-electron chi connectivity index (χ4n) is 3.53. The van der Waals surface area contributed by atoms with Gasteiger partial charge in [0, 0.05) is 29.7 Å². The number of nitro benzene ring substituents is 1. The second-order valence-electron chi connectivity index (χ2n) is 6.50. The van der Waals surface area contributed by atoms with Gasteiger partial charge in [0.05, 0.1) is 11.5 Å². The van der Waals surface area contributed by atoms with Crippen molar-refractivity contribution in [3.63, 3.8) is 0 Å². The molecule has 0 radical (unpaired) electrons. The Bertz CT molecular complexity index is 824. The number of hydrogen-bond donors (Lipinski definition) is 1. The Morgan fingerprint density at radius 3 is 2.69 bits per heavy atom. The molecule has 0 unspecified atom stereocenters. The molecule has 2 heterocycles. The molecule has 2 aliphatic heterocycles. The molecule has 0 amide bonds. The summed E-state index contributed by atoms with van der Waals surface area (Å²) >= 11 is 6.04. The lowest BCUT2D eigenvalue weighted by atomic mass is 9.98.